The van der Waals surface area contributed by atoms with Gasteiger partial charge in [0.1, 0.15) is 18.6 Å². The minimum Gasteiger partial charge on any atom is -0.480 e. The molecular weight excluding hydrogens is 370 g/mol. The van der Waals surface area contributed by atoms with Crippen LogP contribution < -0.4 is 21.7 Å². The maximum absolute atomic E-state index is 12.7. The fraction of sp³-hybridized carbons (Fsp3) is 0.706. The smallest absolute Gasteiger partial charge is 0.322 e. The van der Waals surface area contributed by atoms with Gasteiger partial charge in [-0.1, -0.05) is 13.8 Å². The van der Waals surface area contributed by atoms with E-state index in [1.807, 2.05) is 13.8 Å². The molecule has 0 aromatic heterocycles. The fourth-order valence-electron chi connectivity index (χ4n) is 2.94. The highest BCUT2D eigenvalue weighted by Gasteiger charge is 2.35. The molecule has 158 valence electrons. The number of rotatable bonds is 10. The van der Waals surface area contributed by atoms with E-state index >= 15 is 0 Å². The first-order valence-electron chi connectivity index (χ1n) is 9.21. The van der Waals surface area contributed by atoms with Crippen LogP contribution >= 0.6 is 0 Å². The van der Waals surface area contributed by atoms with Crippen LogP contribution in [0.5, 0.6) is 0 Å². The molecule has 11 heteroatoms. The Morgan fingerprint density at radius 3 is 2.39 bits per heavy atom. The van der Waals surface area contributed by atoms with Crippen molar-refractivity contribution in [1.29, 1.82) is 0 Å². The van der Waals surface area contributed by atoms with Crippen LogP contribution in [0.25, 0.3) is 0 Å². The maximum Gasteiger partial charge on any atom is 0.322 e. The molecule has 4 amide bonds. The van der Waals surface area contributed by atoms with Crippen LogP contribution in [0.4, 0.5) is 0 Å². The molecule has 0 unspecified atom stereocenters. The largest absolute Gasteiger partial charge is 0.480 e. The van der Waals surface area contributed by atoms with Crippen molar-refractivity contribution in [1.82, 2.24) is 20.9 Å². The Hall–Kier alpha value is -2.69. The van der Waals surface area contributed by atoms with Gasteiger partial charge in [-0.2, -0.15) is 0 Å². The molecule has 11 nitrogen and oxygen atoms in total. The molecule has 2 atom stereocenters. The number of aliphatic carboxylic acids is 1. The number of amides is 4. The predicted octanol–water partition coefficient (Wildman–Crippen LogP) is -2.22. The normalized spacial score (nSPS) is 17.1. The Morgan fingerprint density at radius 2 is 1.82 bits per heavy atom. The summed E-state index contributed by atoms with van der Waals surface area (Å²) in [5.41, 5.74) is 5.18. The Bertz CT molecular complexity index is 609. The molecular formula is C17H29N5O6. The second-order valence-electron chi connectivity index (χ2n) is 7.03. The van der Waals surface area contributed by atoms with Crippen LogP contribution in [-0.4, -0.2) is 77.9 Å². The number of hydrogen-bond acceptors (Lipinski definition) is 6. The summed E-state index contributed by atoms with van der Waals surface area (Å²) in [6.45, 7) is 3.08. The second kappa shape index (κ2) is 11.2. The number of nitrogens with one attached hydrogen (secondary N) is 3. The first-order chi connectivity index (χ1) is 13.1. The maximum atomic E-state index is 12.7. The Balaban J connectivity index is 2.73. The summed E-state index contributed by atoms with van der Waals surface area (Å²) in [6.07, 6.45) is 1.38. The van der Waals surface area contributed by atoms with E-state index in [2.05, 4.69) is 16.0 Å². The molecule has 1 aliphatic heterocycles. The molecule has 0 saturated carbocycles. The highest BCUT2D eigenvalue weighted by atomic mass is 16.4. The topological polar surface area (TPSA) is 171 Å². The number of carbonyl (C=O) groups excluding carboxylic acids is 4. The third-order valence-electron chi connectivity index (χ3n) is 4.25. The van der Waals surface area contributed by atoms with Crippen LogP contribution in [0.1, 0.15) is 33.1 Å². The zero-order chi connectivity index (χ0) is 21.3. The average molecular weight is 399 g/mol. The van der Waals surface area contributed by atoms with Crippen molar-refractivity contribution in [3.05, 3.63) is 0 Å². The van der Waals surface area contributed by atoms with Crippen molar-refractivity contribution in [3.8, 4) is 0 Å². The number of likely N-dealkylation sites (tertiary alicyclic amines) is 1. The van der Waals surface area contributed by atoms with Crippen LogP contribution in [0.2, 0.25) is 0 Å². The third kappa shape index (κ3) is 7.51. The molecule has 1 fully saturated rings. The van der Waals surface area contributed by atoms with Crippen molar-refractivity contribution < 1.29 is 29.1 Å². The van der Waals surface area contributed by atoms with E-state index in [0.29, 0.717) is 25.8 Å². The highest BCUT2D eigenvalue weighted by molar-refractivity contribution is 5.94. The van der Waals surface area contributed by atoms with Crippen LogP contribution in [0.3, 0.4) is 0 Å². The van der Waals surface area contributed by atoms with E-state index in [0.717, 1.165) is 0 Å². The molecule has 1 aliphatic rings. The lowest BCUT2D eigenvalue weighted by Gasteiger charge is -2.27. The second-order valence-corrected chi connectivity index (χ2v) is 7.03. The number of carboxylic acids is 1. The zero-order valence-electron chi connectivity index (χ0n) is 16.2. The van der Waals surface area contributed by atoms with Crippen molar-refractivity contribution in [2.75, 3.05) is 26.2 Å². The first-order valence-corrected chi connectivity index (χ1v) is 9.21. The first kappa shape index (κ1) is 23.3. The molecule has 0 aromatic carbocycles. The zero-order valence-corrected chi connectivity index (χ0v) is 16.2. The molecule has 0 aromatic rings. The molecule has 0 bridgehead atoms. The summed E-state index contributed by atoms with van der Waals surface area (Å²) in [4.78, 5) is 60.4. The van der Waals surface area contributed by atoms with E-state index in [1.165, 1.54) is 4.90 Å². The Morgan fingerprint density at radius 1 is 1.14 bits per heavy atom. The van der Waals surface area contributed by atoms with E-state index in [4.69, 9.17) is 10.8 Å². The number of carboxylic acid groups (broad SMARTS) is 1. The van der Waals surface area contributed by atoms with E-state index < -0.39 is 48.2 Å². The van der Waals surface area contributed by atoms with Gasteiger partial charge >= 0.3 is 5.97 Å². The monoisotopic (exact) mass is 399 g/mol. The number of carbonyl (C=O) groups is 5. The van der Waals surface area contributed by atoms with Gasteiger partial charge in [-0.15, -0.1) is 0 Å². The average Bonchev–Trinajstić information content (AvgIpc) is 3.12. The molecule has 6 N–H and O–H groups in total. The lowest BCUT2D eigenvalue weighted by molar-refractivity contribution is -0.140. The Kier molecular flexibility index (Phi) is 9.36. The summed E-state index contributed by atoms with van der Waals surface area (Å²) >= 11 is 0. The predicted molar refractivity (Wildman–Crippen MR) is 98.8 cm³/mol. The Labute approximate surface area is 163 Å². The molecule has 0 spiro atoms. The lowest BCUT2D eigenvalue weighted by Crippen LogP contribution is -2.54. The SMILES string of the molecule is CC(C)C[C@H](NC(=O)[C@@H]1CCCN1C(=O)CNC(=O)CN)C(=O)NCC(=O)O. The minimum absolute atomic E-state index is 0.0775. The standard InChI is InChI=1S/C17H29N5O6/c1-10(2)6-11(16(27)20-9-15(25)26)21-17(28)12-4-3-5-22(12)14(24)8-19-13(23)7-18/h10-12H,3-9,18H2,1-2H3,(H,19,23)(H,20,27)(H,21,28)(H,25,26)/t11-,12-/m0/s1. The molecule has 0 radical (unpaired) electrons. The van der Waals surface area contributed by atoms with Gasteiger partial charge in [-0.25, -0.2) is 0 Å². The van der Waals surface area contributed by atoms with Gasteiger partial charge in [-0.05, 0) is 25.2 Å². The quantitative estimate of drug-likeness (QED) is 0.277. The molecule has 1 heterocycles. The van der Waals surface area contributed by atoms with Crippen molar-refractivity contribution in [2.45, 2.75) is 45.2 Å². The molecule has 0 aliphatic carbocycles. The minimum atomic E-state index is -1.19. The van der Waals surface area contributed by atoms with Gasteiger partial charge in [0.2, 0.25) is 23.6 Å². The van der Waals surface area contributed by atoms with Crippen molar-refractivity contribution in [2.24, 2.45) is 11.7 Å². The van der Waals surface area contributed by atoms with E-state index in [9.17, 15) is 24.0 Å². The van der Waals surface area contributed by atoms with E-state index in [1.54, 1.807) is 0 Å². The van der Waals surface area contributed by atoms with Crippen molar-refractivity contribution in [3.63, 3.8) is 0 Å². The number of hydrogen-bond donors (Lipinski definition) is 5. The summed E-state index contributed by atoms with van der Waals surface area (Å²) < 4.78 is 0. The summed E-state index contributed by atoms with van der Waals surface area (Å²) in [5, 5.41) is 16.0. The molecule has 1 rings (SSSR count). The lowest BCUT2D eigenvalue weighted by atomic mass is 10.0. The third-order valence-corrected chi connectivity index (χ3v) is 4.25. The summed E-state index contributed by atoms with van der Waals surface area (Å²) in [6, 6.07) is -1.65. The van der Waals surface area contributed by atoms with Crippen molar-refractivity contribution >= 4 is 29.6 Å². The highest BCUT2D eigenvalue weighted by Crippen LogP contribution is 2.18. The number of nitrogens with two attached hydrogens (primary N) is 1. The van der Waals surface area contributed by atoms with Crippen LogP contribution in [0.15, 0.2) is 0 Å². The number of nitrogens with zero attached hydrogens (tertiary/aromatic N) is 1. The van der Waals surface area contributed by atoms with Gasteiger partial charge in [0.05, 0.1) is 13.1 Å². The van der Waals surface area contributed by atoms with Gasteiger partial charge in [0.15, 0.2) is 0 Å². The van der Waals surface area contributed by atoms with Gasteiger partial charge in [0.25, 0.3) is 0 Å². The van der Waals surface area contributed by atoms with Gasteiger partial charge in [-0.3, -0.25) is 24.0 Å². The van der Waals surface area contributed by atoms with Gasteiger partial charge in [0, 0.05) is 6.54 Å². The fourth-order valence-corrected chi connectivity index (χ4v) is 2.94. The summed E-state index contributed by atoms with van der Waals surface area (Å²) in [5.74, 6) is -3.05. The van der Waals surface area contributed by atoms with Gasteiger partial charge < -0.3 is 31.7 Å². The van der Waals surface area contributed by atoms with Crippen LogP contribution in [-0.2, 0) is 24.0 Å². The van der Waals surface area contributed by atoms with Crippen LogP contribution in [0, 0.1) is 5.92 Å². The molecule has 1 saturated heterocycles. The molecule has 28 heavy (non-hydrogen) atoms. The summed E-state index contributed by atoms with van der Waals surface area (Å²) in [7, 11) is 0. The van der Waals surface area contributed by atoms with E-state index in [-0.39, 0.29) is 19.0 Å².